The van der Waals surface area contributed by atoms with Gasteiger partial charge in [-0.1, -0.05) is 62.8 Å². The number of hydrogen-bond donors (Lipinski definition) is 4. The van der Waals surface area contributed by atoms with Crippen LogP contribution >= 0.6 is 0 Å². The Hall–Kier alpha value is -3.98. The number of sulfonamides is 2. The lowest BCUT2D eigenvalue weighted by molar-refractivity contribution is 0.262. The number of fused-ring (bicyclic) bond motifs is 2. The molecule has 0 bridgehead atoms. The fourth-order valence-electron chi connectivity index (χ4n) is 6.93. The quantitative estimate of drug-likeness (QED) is 0.112. The molecule has 0 saturated heterocycles. The Kier molecular flexibility index (Phi) is 9.40. The first-order chi connectivity index (χ1) is 23.3. The van der Waals surface area contributed by atoms with Crippen LogP contribution in [0.25, 0.3) is 22.1 Å². The largest absolute Gasteiger partial charge is 0.371 e. The van der Waals surface area contributed by atoms with Crippen LogP contribution in [0.1, 0.15) is 64.2 Å². The highest BCUT2D eigenvalue weighted by molar-refractivity contribution is 7.89. The fraction of sp³-hybridized carbons (Fsp3) is 0.412. The molecule has 0 aliphatic heterocycles. The molecular weight excluding hydrogens is 649 g/mol. The number of nitrogens with zero attached hydrogens (tertiary/aromatic N) is 4. The van der Waals surface area contributed by atoms with E-state index in [9.17, 15) is 16.8 Å². The lowest BCUT2D eigenvalue weighted by atomic mass is 9.96. The molecule has 12 nitrogen and oxygen atoms in total. The maximum atomic E-state index is 13.9. The number of para-hydroxylation sites is 4. The van der Waals surface area contributed by atoms with Crippen LogP contribution in [0.5, 0.6) is 0 Å². The number of anilines is 2. The van der Waals surface area contributed by atoms with Gasteiger partial charge in [-0.2, -0.15) is 8.61 Å². The maximum absolute atomic E-state index is 13.9. The second-order valence-electron chi connectivity index (χ2n) is 12.7. The molecule has 2 aromatic heterocycles. The molecule has 2 saturated carbocycles. The normalized spacial score (nSPS) is 17.0. The summed E-state index contributed by atoms with van der Waals surface area (Å²) in [7, 11) is -7.79. The van der Waals surface area contributed by atoms with Crippen molar-refractivity contribution in [3.05, 3.63) is 72.8 Å². The summed E-state index contributed by atoms with van der Waals surface area (Å²) in [5.74, 6) is 0. The molecule has 0 amide bonds. The lowest BCUT2D eigenvalue weighted by Crippen LogP contribution is -2.44. The Morgan fingerprint density at radius 2 is 0.938 bits per heavy atom. The molecule has 0 radical (unpaired) electrons. The summed E-state index contributed by atoms with van der Waals surface area (Å²) in [5.41, 5.74) is 4.10. The van der Waals surface area contributed by atoms with Gasteiger partial charge in [-0.3, -0.25) is 0 Å². The van der Waals surface area contributed by atoms with Gasteiger partial charge in [-0.05, 0) is 74.2 Å². The number of benzene rings is 3. The third-order valence-electron chi connectivity index (χ3n) is 9.57. The minimum atomic E-state index is -3.89. The topological polar surface area (TPSA) is 156 Å². The monoisotopic (exact) mass is 690 g/mol. The zero-order valence-electron chi connectivity index (χ0n) is 26.8. The van der Waals surface area contributed by atoms with E-state index < -0.39 is 20.0 Å². The van der Waals surface area contributed by atoms with Crippen LogP contribution in [0.4, 0.5) is 11.4 Å². The van der Waals surface area contributed by atoms with Crippen molar-refractivity contribution in [1.82, 2.24) is 28.5 Å². The maximum Gasteiger partial charge on any atom is 0.278 e. The van der Waals surface area contributed by atoms with E-state index in [1.807, 2.05) is 60.7 Å². The van der Waals surface area contributed by atoms with Gasteiger partial charge in [-0.25, -0.2) is 26.8 Å². The van der Waals surface area contributed by atoms with Crippen LogP contribution < -0.4 is 10.6 Å². The molecule has 254 valence electrons. The number of nitrogens with one attached hydrogen (secondary N) is 4. The fourth-order valence-corrected chi connectivity index (χ4v) is 9.95. The minimum absolute atomic E-state index is 0.0456. The second kappa shape index (κ2) is 13.9. The number of hydrogen-bond acceptors (Lipinski definition) is 8. The van der Waals surface area contributed by atoms with Crippen LogP contribution in [0, 0.1) is 0 Å². The first kappa shape index (κ1) is 32.6. The summed E-state index contributed by atoms with van der Waals surface area (Å²) in [6.07, 6.45) is 9.38. The molecule has 3 aromatic carbocycles. The van der Waals surface area contributed by atoms with Gasteiger partial charge in [0.1, 0.15) is 0 Å². The van der Waals surface area contributed by atoms with Gasteiger partial charge in [0, 0.05) is 23.5 Å². The van der Waals surface area contributed by atoms with Crippen molar-refractivity contribution in [2.45, 2.75) is 86.6 Å². The molecule has 2 heterocycles. The predicted octanol–water partition coefficient (Wildman–Crippen LogP) is 6.23. The Morgan fingerprint density at radius 1 is 0.562 bits per heavy atom. The standard InChI is InChI=1S/C34H42N8O4S2/c43-47(44,33-37-29-15-7-8-16-30(29)38-33)41(27-11-3-1-4-12-27)23-35-25-19-21-26(22-20-25)36-24-42(28-13-5-2-6-14-28)48(45,46)34-39-31-17-9-10-18-32(31)40-34/h7-10,15-22,27-28,35-36H,1-6,11-14,23-24H2,(H,37,38)(H,39,40). The molecule has 2 aliphatic carbocycles. The minimum Gasteiger partial charge on any atom is -0.371 e. The second-order valence-corrected chi connectivity index (χ2v) is 16.3. The number of rotatable bonds is 12. The van der Waals surface area contributed by atoms with Gasteiger partial charge in [0.25, 0.3) is 20.0 Å². The van der Waals surface area contributed by atoms with E-state index in [0.29, 0.717) is 22.1 Å². The van der Waals surface area contributed by atoms with Gasteiger partial charge in [0.05, 0.1) is 35.4 Å². The van der Waals surface area contributed by atoms with Gasteiger partial charge < -0.3 is 20.6 Å². The van der Waals surface area contributed by atoms with E-state index >= 15 is 0 Å². The highest BCUT2D eigenvalue weighted by Gasteiger charge is 2.36. The van der Waals surface area contributed by atoms with E-state index in [4.69, 9.17) is 0 Å². The summed E-state index contributed by atoms with van der Waals surface area (Å²) >= 11 is 0. The molecule has 2 fully saturated rings. The molecule has 2 aliphatic rings. The number of aromatic nitrogens is 4. The molecule has 0 spiro atoms. The Morgan fingerprint density at radius 3 is 1.31 bits per heavy atom. The van der Waals surface area contributed by atoms with E-state index in [-0.39, 0.29) is 35.7 Å². The Labute approximate surface area is 281 Å². The number of H-pyrrole nitrogens is 2. The molecule has 4 N–H and O–H groups in total. The Bertz CT molecular complexity index is 1850. The molecule has 48 heavy (non-hydrogen) atoms. The van der Waals surface area contributed by atoms with Crippen molar-refractivity contribution in [3.63, 3.8) is 0 Å². The van der Waals surface area contributed by atoms with E-state index in [0.717, 1.165) is 75.6 Å². The molecule has 0 unspecified atom stereocenters. The van der Waals surface area contributed by atoms with Crippen molar-refractivity contribution < 1.29 is 16.8 Å². The summed E-state index contributed by atoms with van der Waals surface area (Å²) in [6.45, 7) is 0.198. The zero-order chi connectivity index (χ0) is 33.1. The summed E-state index contributed by atoms with van der Waals surface area (Å²) < 4.78 is 58.7. The SMILES string of the molecule is O=S(=O)(c1nc2ccccc2[nH]1)N(CNc1ccc(NCN(C2CCCCC2)S(=O)(=O)c2nc3ccccc3[nH]2)cc1)C1CCCCC1. The number of aromatic amines is 2. The summed E-state index contributed by atoms with van der Waals surface area (Å²) in [5, 5.41) is 6.53. The van der Waals surface area contributed by atoms with E-state index in [1.54, 1.807) is 20.7 Å². The van der Waals surface area contributed by atoms with Gasteiger partial charge in [0.15, 0.2) is 0 Å². The first-order valence-corrected chi connectivity index (χ1v) is 19.7. The van der Waals surface area contributed by atoms with Crippen LogP contribution in [-0.2, 0) is 20.0 Å². The van der Waals surface area contributed by atoms with Gasteiger partial charge in [0.2, 0.25) is 10.3 Å². The highest BCUT2D eigenvalue weighted by atomic mass is 32.2. The third kappa shape index (κ3) is 6.79. The van der Waals surface area contributed by atoms with Gasteiger partial charge in [-0.15, -0.1) is 0 Å². The summed E-state index contributed by atoms with van der Waals surface area (Å²) in [4.78, 5) is 14.8. The zero-order valence-corrected chi connectivity index (χ0v) is 28.4. The van der Waals surface area contributed by atoms with E-state index in [2.05, 4.69) is 30.6 Å². The highest BCUT2D eigenvalue weighted by Crippen LogP contribution is 2.30. The molecule has 5 aromatic rings. The third-order valence-corrected chi connectivity index (χ3v) is 13.0. The van der Waals surface area contributed by atoms with Gasteiger partial charge >= 0.3 is 0 Å². The molecule has 14 heteroatoms. The smallest absolute Gasteiger partial charge is 0.278 e. The van der Waals surface area contributed by atoms with Crippen molar-refractivity contribution in [3.8, 4) is 0 Å². The first-order valence-electron chi connectivity index (χ1n) is 16.8. The number of imidazole rings is 2. The van der Waals surface area contributed by atoms with E-state index in [1.165, 1.54) is 0 Å². The van der Waals surface area contributed by atoms with Crippen LogP contribution in [0.3, 0.4) is 0 Å². The van der Waals surface area contributed by atoms with Crippen molar-refractivity contribution in [1.29, 1.82) is 0 Å². The van der Waals surface area contributed by atoms with Crippen LogP contribution in [0.2, 0.25) is 0 Å². The average molecular weight is 691 g/mol. The Balaban J connectivity index is 1.05. The lowest BCUT2D eigenvalue weighted by Gasteiger charge is -2.33. The van der Waals surface area contributed by atoms with Crippen molar-refractivity contribution in [2.24, 2.45) is 0 Å². The predicted molar refractivity (Wildman–Crippen MR) is 187 cm³/mol. The molecule has 0 atom stereocenters. The summed E-state index contributed by atoms with van der Waals surface area (Å²) in [6, 6.07) is 21.9. The molecular formula is C34H42N8O4S2. The van der Waals surface area contributed by atoms with Crippen LogP contribution in [-0.4, -0.2) is 70.8 Å². The molecule has 7 rings (SSSR count). The average Bonchev–Trinajstić information content (AvgIpc) is 3.76. The van der Waals surface area contributed by atoms with Crippen molar-refractivity contribution >= 4 is 53.5 Å². The van der Waals surface area contributed by atoms with Crippen LogP contribution in [0.15, 0.2) is 83.1 Å². The van der Waals surface area contributed by atoms with Crippen molar-refractivity contribution in [2.75, 3.05) is 24.0 Å².